The second-order valence-electron chi connectivity index (χ2n) is 7.20. The smallest absolute Gasteiger partial charge is 0.252 e. The third-order valence-corrected chi connectivity index (χ3v) is 6.10. The summed E-state index contributed by atoms with van der Waals surface area (Å²) in [6.45, 7) is 0.918. The lowest BCUT2D eigenvalue weighted by Crippen LogP contribution is -2.60. The maximum atomic E-state index is 11.6. The van der Waals surface area contributed by atoms with Gasteiger partial charge in [0.2, 0.25) is 0 Å². The van der Waals surface area contributed by atoms with Crippen molar-refractivity contribution in [1.82, 2.24) is 4.90 Å². The van der Waals surface area contributed by atoms with Gasteiger partial charge in [0.15, 0.2) is 0 Å². The molecule has 0 radical (unpaired) electrons. The van der Waals surface area contributed by atoms with Crippen molar-refractivity contribution < 1.29 is 15.0 Å². The zero-order valence-electron chi connectivity index (χ0n) is 13.2. The van der Waals surface area contributed by atoms with Gasteiger partial charge in [0.25, 0.3) is 5.91 Å². The highest BCUT2D eigenvalue weighted by Crippen LogP contribution is 2.56. The fourth-order valence-corrected chi connectivity index (χ4v) is 5.05. The van der Waals surface area contributed by atoms with Crippen LogP contribution in [-0.4, -0.2) is 46.8 Å². The van der Waals surface area contributed by atoms with E-state index in [1.807, 2.05) is 12.1 Å². The predicted molar refractivity (Wildman–Crippen MR) is 86.3 cm³/mol. The van der Waals surface area contributed by atoms with Crippen LogP contribution in [0.25, 0.3) is 0 Å². The Morgan fingerprint density at radius 3 is 2.91 bits per heavy atom. The summed E-state index contributed by atoms with van der Waals surface area (Å²) < 4.78 is 0. The number of aliphatic hydroxyl groups is 1. The van der Waals surface area contributed by atoms with Crippen molar-refractivity contribution in [2.24, 2.45) is 11.7 Å². The van der Waals surface area contributed by atoms with Crippen LogP contribution in [0.15, 0.2) is 24.3 Å². The minimum absolute atomic E-state index is 0.0190. The van der Waals surface area contributed by atoms with E-state index in [0.29, 0.717) is 12.5 Å². The monoisotopic (exact) mass is 314 g/mol. The van der Waals surface area contributed by atoms with Gasteiger partial charge in [-0.05, 0) is 44.5 Å². The Labute approximate surface area is 135 Å². The molecule has 2 bridgehead atoms. The predicted octanol–water partition coefficient (Wildman–Crippen LogP) is 0.926. The molecule has 3 aliphatic rings. The molecule has 4 N–H and O–H groups in total. The number of likely N-dealkylation sites (tertiary alicyclic amines) is 1. The van der Waals surface area contributed by atoms with Crippen LogP contribution in [0.2, 0.25) is 0 Å². The summed E-state index contributed by atoms with van der Waals surface area (Å²) >= 11 is 0. The molecule has 4 atom stereocenters. The molecule has 0 spiro atoms. The number of carbonyl (C=O) groups excluding carboxylic acids is 1. The molecular formula is C18H22N2O3. The number of piperidine rings is 1. The Morgan fingerprint density at radius 1 is 1.39 bits per heavy atom. The molecule has 122 valence electrons. The SMILES string of the molecule is CN1CC[C@]23CC(O)C=CC2[C@H]1Cc1ccc(C(N)=O)c(O)c13. The number of hydrogen-bond acceptors (Lipinski definition) is 4. The highest BCUT2D eigenvalue weighted by Gasteiger charge is 2.54. The molecule has 23 heavy (non-hydrogen) atoms. The number of likely N-dealkylation sites (N-methyl/N-ethyl adjacent to an activating group) is 1. The second kappa shape index (κ2) is 4.82. The third-order valence-electron chi connectivity index (χ3n) is 6.10. The number of nitrogens with zero attached hydrogens (tertiary/aromatic N) is 1. The van der Waals surface area contributed by atoms with Crippen LogP contribution in [0.3, 0.4) is 0 Å². The average molecular weight is 314 g/mol. The van der Waals surface area contributed by atoms with Crippen molar-refractivity contribution in [2.45, 2.75) is 36.8 Å². The van der Waals surface area contributed by atoms with Gasteiger partial charge in [0, 0.05) is 22.9 Å². The molecule has 0 aromatic heterocycles. The molecule has 1 aromatic rings. The first kappa shape index (κ1) is 14.7. The first-order chi connectivity index (χ1) is 10.9. The van der Waals surface area contributed by atoms with E-state index >= 15 is 0 Å². The van der Waals surface area contributed by atoms with E-state index in [1.54, 1.807) is 6.07 Å². The number of fused-ring (bicyclic) bond motifs is 1. The Bertz CT molecular complexity index is 714. The number of nitrogens with two attached hydrogens (primary N) is 1. The Hall–Kier alpha value is -1.85. The highest BCUT2D eigenvalue weighted by atomic mass is 16.3. The van der Waals surface area contributed by atoms with E-state index in [1.165, 1.54) is 0 Å². The van der Waals surface area contributed by atoms with E-state index in [-0.39, 0.29) is 22.6 Å². The molecule has 2 unspecified atom stereocenters. The number of amides is 1. The van der Waals surface area contributed by atoms with E-state index in [0.717, 1.165) is 30.5 Å². The molecule has 1 aromatic carbocycles. The lowest BCUT2D eigenvalue weighted by Gasteiger charge is -2.57. The number of hydrogen-bond donors (Lipinski definition) is 3. The van der Waals surface area contributed by atoms with Gasteiger partial charge in [-0.2, -0.15) is 0 Å². The molecule has 2 aliphatic carbocycles. The molecule has 1 amide bonds. The summed E-state index contributed by atoms with van der Waals surface area (Å²) in [5, 5.41) is 21.0. The van der Waals surface area contributed by atoms with E-state index in [9.17, 15) is 15.0 Å². The Kier molecular flexibility index (Phi) is 3.09. The fourth-order valence-electron chi connectivity index (χ4n) is 5.05. The van der Waals surface area contributed by atoms with Gasteiger partial charge in [0.05, 0.1) is 11.7 Å². The second-order valence-corrected chi connectivity index (χ2v) is 7.20. The minimum atomic E-state index is -0.611. The first-order valence-electron chi connectivity index (χ1n) is 8.16. The van der Waals surface area contributed by atoms with Gasteiger partial charge < -0.3 is 20.8 Å². The highest BCUT2D eigenvalue weighted by molar-refractivity contribution is 5.96. The van der Waals surface area contributed by atoms with Gasteiger partial charge in [-0.3, -0.25) is 4.79 Å². The van der Waals surface area contributed by atoms with E-state index in [2.05, 4.69) is 18.0 Å². The topological polar surface area (TPSA) is 86.8 Å². The van der Waals surface area contributed by atoms with Crippen LogP contribution >= 0.6 is 0 Å². The molecule has 5 nitrogen and oxygen atoms in total. The summed E-state index contributed by atoms with van der Waals surface area (Å²) in [6.07, 6.45) is 5.74. The molecule has 0 saturated carbocycles. The number of primary amides is 1. The molecular weight excluding hydrogens is 292 g/mol. The lowest BCUT2D eigenvalue weighted by atomic mass is 9.53. The number of aliphatic hydroxyl groups excluding tert-OH is 1. The van der Waals surface area contributed by atoms with Crippen molar-refractivity contribution in [2.75, 3.05) is 13.6 Å². The molecule has 1 aliphatic heterocycles. The molecule has 4 rings (SSSR count). The van der Waals surface area contributed by atoms with Crippen molar-refractivity contribution >= 4 is 5.91 Å². The van der Waals surface area contributed by atoms with Crippen LogP contribution in [0.5, 0.6) is 5.75 Å². The number of benzene rings is 1. The Balaban J connectivity index is 1.98. The van der Waals surface area contributed by atoms with Crippen LogP contribution in [-0.2, 0) is 11.8 Å². The summed E-state index contributed by atoms with van der Waals surface area (Å²) in [5.41, 5.74) is 7.20. The number of rotatable bonds is 1. The van der Waals surface area contributed by atoms with Gasteiger partial charge >= 0.3 is 0 Å². The van der Waals surface area contributed by atoms with Gasteiger partial charge in [0.1, 0.15) is 5.75 Å². The lowest BCUT2D eigenvalue weighted by molar-refractivity contribution is 0.0195. The molecule has 1 fully saturated rings. The van der Waals surface area contributed by atoms with Crippen LogP contribution in [0.4, 0.5) is 0 Å². The average Bonchev–Trinajstić information content (AvgIpc) is 2.50. The maximum absolute atomic E-state index is 11.6. The summed E-state index contributed by atoms with van der Waals surface area (Å²) in [7, 11) is 2.14. The number of phenols is 1. The van der Waals surface area contributed by atoms with E-state index in [4.69, 9.17) is 5.73 Å². The van der Waals surface area contributed by atoms with Crippen LogP contribution in [0, 0.1) is 5.92 Å². The molecule has 1 heterocycles. The largest absolute Gasteiger partial charge is 0.507 e. The molecule has 5 heteroatoms. The summed E-state index contributed by atoms with van der Waals surface area (Å²) in [4.78, 5) is 14.0. The molecule has 1 saturated heterocycles. The van der Waals surface area contributed by atoms with Gasteiger partial charge in [-0.1, -0.05) is 18.2 Å². The first-order valence-corrected chi connectivity index (χ1v) is 8.16. The van der Waals surface area contributed by atoms with Crippen molar-refractivity contribution in [3.05, 3.63) is 41.0 Å². The van der Waals surface area contributed by atoms with Gasteiger partial charge in [-0.15, -0.1) is 0 Å². The van der Waals surface area contributed by atoms with Gasteiger partial charge in [-0.25, -0.2) is 0 Å². The van der Waals surface area contributed by atoms with Crippen molar-refractivity contribution in [3.8, 4) is 5.75 Å². The minimum Gasteiger partial charge on any atom is -0.507 e. The van der Waals surface area contributed by atoms with Crippen molar-refractivity contribution in [1.29, 1.82) is 0 Å². The third kappa shape index (κ3) is 1.90. The number of aromatic hydroxyl groups is 1. The fraction of sp³-hybridized carbons (Fsp3) is 0.500. The summed E-state index contributed by atoms with van der Waals surface area (Å²) in [6, 6.07) is 3.90. The van der Waals surface area contributed by atoms with Crippen molar-refractivity contribution in [3.63, 3.8) is 0 Å². The maximum Gasteiger partial charge on any atom is 0.252 e. The standard InChI is InChI=1S/C18H22N2O3/c1-20-7-6-18-9-11(21)3-5-13(18)14(20)8-10-2-4-12(17(19)23)16(22)15(10)18/h2-5,11,13-14,21-22H,6-9H2,1H3,(H2,19,23)/t11?,13?,14-,18+/m1/s1. The number of carbonyl (C=O) groups is 1. The quantitative estimate of drug-likeness (QED) is 0.673. The normalized spacial score (nSPS) is 35.5. The summed E-state index contributed by atoms with van der Waals surface area (Å²) in [5.74, 6) is -0.350. The Morgan fingerprint density at radius 2 is 2.17 bits per heavy atom. The van der Waals surface area contributed by atoms with Crippen LogP contribution in [0.1, 0.15) is 34.3 Å². The zero-order valence-corrected chi connectivity index (χ0v) is 13.2. The zero-order chi connectivity index (χ0) is 16.4. The van der Waals surface area contributed by atoms with E-state index < -0.39 is 12.0 Å². The van der Waals surface area contributed by atoms with Crippen LogP contribution < -0.4 is 5.73 Å².